The quantitative estimate of drug-likeness (QED) is 0.408. The molecule has 0 radical (unpaired) electrons. The fourth-order valence-corrected chi connectivity index (χ4v) is 3.70. The number of aromatic nitrogens is 2. The maximum atomic E-state index is 9.07. The topological polar surface area (TPSA) is 53.7 Å². The second-order valence-electron chi connectivity index (χ2n) is 6.82. The van der Waals surface area contributed by atoms with E-state index in [1.54, 1.807) is 6.07 Å². The summed E-state index contributed by atoms with van der Waals surface area (Å²) in [6.07, 6.45) is 2.15. The standard InChI is InChI=1S/C23H16N3O/c1-14-9-20-18-8-7-17(12-24)25-23(18)27-22(20)11-19(14)21-10-15-5-3-4-6-16(15)13-26(21)2/h3-11,13H,1-2H3/q+1. The van der Waals surface area contributed by atoms with Gasteiger partial charge in [-0.3, -0.25) is 0 Å². The van der Waals surface area contributed by atoms with Crippen LogP contribution in [-0.2, 0) is 7.05 Å². The zero-order valence-corrected chi connectivity index (χ0v) is 15.0. The van der Waals surface area contributed by atoms with E-state index in [1.807, 2.05) is 6.07 Å². The zero-order chi connectivity index (χ0) is 18.5. The van der Waals surface area contributed by atoms with Gasteiger partial charge in [0.1, 0.15) is 24.4 Å². The smallest absolute Gasteiger partial charge is 0.228 e. The molecule has 0 atom stereocenters. The first kappa shape index (κ1) is 15.5. The van der Waals surface area contributed by atoms with E-state index in [1.165, 1.54) is 16.3 Å². The van der Waals surface area contributed by atoms with Crippen molar-refractivity contribution in [2.45, 2.75) is 6.92 Å². The van der Waals surface area contributed by atoms with Crippen LogP contribution in [0.3, 0.4) is 0 Å². The first-order chi connectivity index (χ1) is 13.1. The van der Waals surface area contributed by atoms with Gasteiger partial charge in [0, 0.05) is 22.2 Å². The van der Waals surface area contributed by atoms with E-state index in [9.17, 15) is 0 Å². The Morgan fingerprint density at radius 3 is 2.63 bits per heavy atom. The normalized spacial score (nSPS) is 11.3. The molecule has 2 aromatic carbocycles. The first-order valence-corrected chi connectivity index (χ1v) is 8.77. The van der Waals surface area contributed by atoms with Crippen molar-refractivity contribution in [3.63, 3.8) is 0 Å². The highest BCUT2D eigenvalue weighted by Gasteiger charge is 2.18. The molecule has 0 aliphatic heterocycles. The molecule has 0 N–H and O–H groups in total. The van der Waals surface area contributed by atoms with Crippen LogP contribution in [0.4, 0.5) is 0 Å². The lowest BCUT2D eigenvalue weighted by atomic mass is 10.00. The van der Waals surface area contributed by atoms with Crippen molar-refractivity contribution in [1.82, 2.24) is 4.98 Å². The number of nitrogens with zero attached hydrogens (tertiary/aromatic N) is 3. The summed E-state index contributed by atoms with van der Waals surface area (Å²) >= 11 is 0. The second kappa shape index (κ2) is 5.65. The summed E-state index contributed by atoms with van der Waals surface area (Å²) in [5.74, 6) is 0. The predicted molar refractivity (Wildman–Crippen MR) is 105 cm³/mol. The van der Waals surface area contributed by atoms with Crippen molar-refractivity contribution in [2.75, 3.05) is 0 Å². The first-order valence-electron chi connectivity index (χ1n) is 8.77. The molecule has 5 aromatic rings. The molecule has 0 aliphatic rings. The molecule has 0 bridgehead atoms. The molecule has 3 aromatic heterocycles. The lowest BCUT2D eigenvalue weighted by Crippen LogP contribution is -2.30. The van der Waals surface area contributed by atoms with Gasteiger partial charge in [-0.05, 0) is 48.2 Å². The van der Waals surface area contributed by atoms with Crippen molar-refractivity contribution in [2.24, 2.45) is 7.05 Å². The largest absolute Gasteiger partial charge is 0.438 e. The molecule has 128 valence electrons. The number of furan rings is 1. The summed E-state index contributed by atoms with van der Waals surface area (Å²) in [4.78, 5) is 4.29. The minimum Gasteiger partial charge on any atom is -0.438 e. The van der Waals surface area contributed by atoms with Gasteiger partial charge in [0.15, 0.2) is 6.20 Å². The molecule has 0 unspecified atom stereocenters. The average molecular weight is 350 g/mol. The Kier molecular flexibility index (Phi) is 3.25. The van der Waals surface area contributed by atoms with Crippen LogP contribution in [0.5, 0.6) is 0 Å². The number of fused-ring (bicyclic) bond motifs is 4. The summed E-state index contributed by atoms with van der Waals surface area (Å²) in [5.41, 5.74) is 5.05. The number of hydrogen-bond acceptors (Lipinski definition) is 3. The third kappa shape index (κ3) is 2.37. The molecule has 0 saturated heterocycles. The van der Waals surface area contributed by atoms with Crippen LogP contribution >= 0.6 is 0 Å². The summed E-state index contributed by atoms with van der Waals surface area (Å²) in [7, 11) is 2.06. The van der Waals surface area contributed by atoms with Crippen LogP contribution < -0.4 is 4.57 Å². The summed E-state index contributed by atoms with van der Waals surface area (Å²) < 4.78 is 8.11. The van der Waals surface area contributed by atoms with Gasteiger partial charge < -0.3 is 4.42 Å². The zero-order valence-electron chi connectivity index (χ0n) is 15.0. The van der Waals surface area contributed by atoms with Crippen molar-refractivity contribution in [3.05, 3.63) is 72.1 Å². The van der Waals surface area contributed by atoms with E-state index in [0.29, 0.717) is 11.4 Å². The second-order valence-corrected chi connectivity index (χ2v) is 6.82. The van der Waals surface area contributed by atoms with E-state index in [-0.39, 0.29) is 0 Å². The summed E-state index contributed by atoms with van der Waals surface area (Å²) in [6, 6.07) is 20.5. The third-order valence-corrected chi connectivity index (χ3v) is 5.08. The van der Waals surface area contributed by atoms with Crippen LogP contribution in [0.25, 0.3) is 44.1 Å². The van der Waals surface area contributed by atoms with Crippen LogP contribution in [0, 0.1) is 18.3 Å². The van der Waals surface area contributed by atoms with Crippen molar-refractivity contribution in [1.29, 1.82) is 5.26 Å². The maximum Gasteiger partial charge on any atom is 0.228 e. The van der Waals surface area contributed by atoms with Crippen LogP contribution in [0.15, 0.2) is 65.2 Å². The minimum absolute atomic E-state index is 0.361. The minimum atomic E-state index is 0.361. The van der Waals surface area contributed by atoms with Gasteiger partial charge >= 0.3 is 0 Å². The monoisotopic (exact) mass is 350 g/mol. The highest BCUT2D eigenvalue weighted by molar-refractivity contribution is 6.05. The molecule has 0 saturated carbocycles. The number of nitriles is 1. The molecule has 0 amide bonds. The Labute approximate surface area is 155 Å². The van der Waals surface area contributed by atoms with Crippen molar-refractivity contribution in [3.8, 4) is 17.3 Å². The van der Waals surface area contributed by atoms with Gasteiger partial charge in [-0.25, -0.2) is 9.55 Å². The van der Waals surface area contributed by atoms with E-state index in [2.05, 4.69) is 78.3 Å². The Morgan fingerprint density at radius 2 is 1.81 bits per heavy atom. The van der Waals surface area contributed by atoms with E-state index in [0.717, 1.165) is 27.6 Å². The molecule has 27 heavy (non-hydrogen) atoms. The molecule has 3 heterocycles. The molecule has 5 rings (SSSR count). The number of rotatable bonds is 1. The third-order valence-electron chi connectivity index (χ3n) is 5.08. The van der Waals surface area contributed by atoms with Gasteiger partial charge in [-0.1, -0.05) is 18.2 Å². The van der Waals surface area contributed by atoms with Crippen LogP contribution in [-0.4, -0.2) is 4.98 Å². The summed E-state index contributed by atoms with van der Waals surface area (Å²) in [5, 5.41) is 13.4. The molecule has 0 aliphatic carbocycles. The van der Waals surface area contributed by atoms with Crippen LogP contribution in [0.2, 0.25) is 0 Å². The molecule has 0 spiro atoms. The van der Waals surface area contributed by atoms with Gasteiger partial charge in [-0.15, -0.1) is 0 Å². The Bertz CT molecular complexity index is 1410. The van der Waals surface area contributed by atoms with Gasteiger partial charge in [-0.2, -0.15) is 5.26 Å². The lowest BCUT2D eigenvalue weighted by Gasteiger charge is -2.06. The Balaban J connectivity index is 1.79. The van der Waals surface area contributed by atoms with Gasteiger partial charge in [0.2, 0.25) is 11.4 Å². The molecular formula is C23H16N3O+. The van der Waals surface area contributed by atoms with E-state index in [4.69, 9.17) is 9.68 Å². The Hall–Kier alpha value is -3.71. The number of hydrogen-bond donors (Lipinski definition) is 0. The average Bonchev–Trinajstić information content (AvgIpc) is 3.03. The fraction of sp³-hybridized carbons (Fsp3) is 0.0870. The van der Waals surface area contributed by atoms with E-state index >= 15 is 0 Å². The Morgan fingerprint density at radius 1 is 1.00 bits per heavy atom. The molecular weight excluding hydrogens is 334 g/mol. The fourth-order valence-electron chi connectivity index (χ4n) is 3.70. The predicted octanol–water partition coefficient (Wildman–Crippen LogP) is 4.81. The SMILES string of the molecule is Cc1cc2c(cc1-c1cc3ccccc3c[n+]1C)oc1nc(C#N)ccc12. The van der Waals surface area contributed by atoms with Crippen molar-refractivity contribution >= 4 is 32.8 Å². The van der Waals surface area contributed by atoms with Crippen LogP contribution in [0.1, 0.15) is 11.3 Å². The van der Waals surface area contributed by atoms with Gasteiger partial charge in [0.25, 0.3) is 0 Å². The summed E-state index contributed by atoms with van der Waals surface area (Å²) in [6.45, 7) is 2.11. The van der Waals surface area contributed by atoms with Crippen molar-refractivity contribution < 1.29 is 8.98 Å². The molecule has 4 nitrogen and oxygen atoms in total. The molecule has 4 heteroatoms. The highest BCUT2D eigenvalue weighted by atomic mass is 16.3. The lowest BCUT2D eigenvalue weighted by molar-refractivity contribution is -0.659. The molecule has 0 fully saturated rings. The highest BCUT2D eigenvalue weighted by Crippen LogP contribution is 2.33. The number of aryl methyl sites for hydroxylation is 2. The maximum absolute atomic E-state index is 9.07. The van der Waals surface area contributed by atoms with Gasteiger partial charge in [0.05, 0.1) is 5.56 Å². The number of pyridine rings is 2. The van der Waals surface area contributed by atoms with E-state index < -0.39 is 0 Å². The number of benzene rings is 2.